The highest BCUT2D eigenvalue weighted by atomic mass is 16.3. The maximum absolute atomic E-state index is 5.42. The first-order valence-electron chi connectivity index (χ1n) is 7.12. The molecule has 1 atom stereocenters. The van der Waals surface area contributed by atoms with Crippen LogP contribution >= 0.6 is 0 Å². The van der Waals surface area contributed by atoms with Gasteiger partial charge in [0.2, 0.25) is 0 Å². The molecular weight excluding hydrogens is 234 g/mol. The van der Waals surface area contributed by atoms with Crippen molar-refractivity contribution in [1.29, 1.82) is 0 Å². The van der Waals surface area contributed by atoms with Gasteiger partial charge in [0.15, 0.2) is 0 Å². The summed E-state index contributed by atoms with van der Waals surface area (Å²) in [4.78, 5) is 0. The number of aryl methyl sites for hydroxylation is 2. The third kappa shape index (κ3) is 3.97. The molecule has 1 heterocycles. The molecule has 0 aliphatic rings. The fourth-order valence-electron chi connectivity index (χ4n) is 2.53. The van der Waals surface area contributed by atoms with Gasteiger partial charge in [-0.1, -0.05) is 37.3 Å². The SMILES string of the molecule is CCNC(CCCc1ccccc1)c1ccoc1C. The lowest BCUT2D eigenvalue weighted by atomic mass is 9.99. The maximum atomic E-state index is 5.42. The van der Waals surface area contributed by atoms with Gasteiger partial charge in [0, 0.05) is 11.6 Å². The lowest BCUT2D eigenvalue weighted by Crippen LogP contribution is -2.21. The average Bonchev–Trinajstić information content (AvgIpc) is 2.85. The Labute approximate surface area is 115 Å². The van der Waals surface area contributed by atoms with E-state index in [0.29, 0.717) is 6.04 Å². The molecule has 1 aromatic heterocycles. The molecule has 0 fully saturated rings. The minimum absolute atomic E-state index is 0.410. The summed E-state index contributed by atoms with van der Waals surface area (Å²) >= 11 is 0. The van der Waals surface area contributed by atoms with Gasteiger partial charge in [0.25, 0.3) is 0 Å². The minimum Gasteiger partial charge on any atom is -0.469 e. The van der Waals surface area contributed by atoms with Crippen LogP contribution in [0.5, 0.6) is 0 Å². The first-order valence-corrected chi connectivity index (χ1v) is 7.12. The van der Waals surface area contributed by atoms with E-state index >= 15 is 0 Å². The zero-order chi connectivity index (χ0) is 13.5. The predicted octanol–water partition coefficient (Wildman–Crippen LogP) is 4.26. The quantitative estimate of drug-likeness (QED) is 0.801. The standard InChI is InChI=1S/C17H23NO/c1-3-18-17(16-12-13-19-14(16)2)11-7-10-15-8-5-4-6-9-15/h4-6,8-9,12-13,17-18H,3,7,10-11H2,1-2H3. The average molecular weight is 257 g/mol. The molecule has 0 saturated heterocycles. The van der Waals surface area contributed by atoms with Crippen molar-refractivity contribution in [2.24, 2.45) is 0 Å². The number of hydrogen-bond acceptors (Lipinski definition) is 2. The van der Waals surface area contributed by atoms with Crippen molar-refractivity contribution in [3.8, 4) is 0 Å². The Morgan fingerprint density at radius 2 is 1.95 bits per heavy atom. The van der Waals surface area contributed by atoms with Crippen LogP contribution in [0.2, 0.25) is 0 Å². The Morgan fingerprint density at radius 3 is 2.58 bits per heavy atom. The molecule has 2 nitrogen and oxygen atoms in total. The van der Waals surface area contributed by atoms with E-state index in [4.69, 9.17) is 4.42 Å². The van der Waals surface area contributed by atoms with Crippen LogP contribution in [0.25, 0.3) is 0 Å². The maximum Gasteiger partial charge on any atom is 0.105 e. The number of benzene rings is 1. The lowest BCUT2D eigenvalue weighted by molar-refractivity contribution is 0.475. The lowest BCUT2D eigenvalue weighted by Gasteiger charge is -2.17. The van der Waals surface area contributed by atoms with Crippen LogP contribution in [0.4, 0.5) is 0 Å². The first kappa shape index (κ1) is 13.9. The van der Waals surface area contributed by atoms with E-state index in [1.807, 2.05) is 6.92 Å². The zero-order valence-electron chi connectivity index (χ0n) is 11.9. The first-order chi connectivity index (χ1) is 9.31. The van der Waals surface area contributed by atoms with Crippen LogP contribution in [-0.4, -0.2) is 6.54 Å². The van der Waals surface area contributed by atoms with Gasteiger partial charge in [-0.2, -0.15) is 0 Å². The van der Waals surface area contributed by atoms with Crippen LogP contribution in [0.15, 0.2) is 47.1 Å². The highest BCUT2D eigenvalue weighted by Gasteiger charge is 2.14. The van der Waals surface area contributed by atoms with Crippen molar-refractivity contribution in [3.05, 3.63) is 59.5 Å². The summed E-state index contributed by atoms with van der Waals surface area (Å²) in [6.45, 7) is 5.18. The van der Waals surface area contributed by atoms with E-state index in [1.54, 1.807) is 6.26 Å². The van der Waals surface area contributed by atoms with Gasteiger partial charge >= 0.3 is 0 Å². The van der Waals surface area contributed by atoms with E-state index in [1.165, 1.54) is 17.5 Å². The fraction of sp³-hybridized carbons (Fsp3) is 0.412. The molecule has 0 aliphatic carbocycles. The van der Waals surface area contributed by atoms with Crippen molar-refractivity contribution >= 4 is 0 Å². The molecule has 0 radical (unpaired) electrons. The van der Waals surface area contributed by atoms with E-state index < -0.39 is 0 Å². The second-order valence-corrected chi connectivity index (χ2v) is 4.92. The fourth-order valence-corrected chi connectivity index (χ4v) is 2.53. The molecule has 0 bridgehead atoms. The number of rotatable bonds is 7. The van der Waals surface area contributed by atoms with Crippen molar-refractivity contribution in [1.82, 2.24) is 5.32 Å². The molecule has 2 heteroatoms. The minimum atomic E-state index is 0.410. The molecule has 0 spiro atoms. The molecule has 0 amide bonds. The van der Waals surface area contributed by atoms with Gasteiger partial charge in [0.05, 0.1) is 6.26 Å². The van der Waals surface area contributed by atoms with E-state index in [9.17, 15) is 0 Å². The molecule has 0 aliphatic heterocycles. The van der Waals surface area contributed by atoms with Crippen LogP contribution in [0.3, 0.4) is 0 Å². The third-order valence-corrected chi connectivity index (χ3v) is 3.53. The Balaban J connectivity index is 1.89. The summed E-state index contributed by atoms with van der Waals surface area (Å²) in [6, 6.07) is 13.2. The van der Waals surface area contributed by atoms with E-state index in [0.717, 1.165) is 25.1 Å². The summed E-state index contributed by atoms with van der Waals surface area (Å²) in [5.74, 6) is 1.03. The molecule has 0 saturated carbocycles. The molecule has 19 heavy (non-hydrogen) atoms. The zero-order valence-corrected chi connectivity index (χ0v) is 11.9. The highest BCUT2D eigenvalue weighted by Crippen LogP contribution is 2.23. The van der Waals surface area contributed by atoms with Crippen LogP contribution in [-0.2, 0) is 6.42 Å². The molecule has 1 unspecified atom stereocenters. The molecule has 1 aromatic carbocycles. The molecular formula is C17H23NO. The molecule has 1 N–H and O–H groups in total. The van der Waals surface area contributed by atoms with Crippen molar-refractivity contribution in [2.45, 2.75) is 39.2 Å². The number of hydrogen-bond donors (Lipinski definition) is 1. The Bertz CT molecular complexity index is 475. The van der Waals surface area contributed by atoms with Crippen molar-refractivity contribution in [3.63, 3.8) is 0 Å². The van der Waals surface area contributed by atoms with Gasteiger partial charge in [-0.05, 0) is 44.4 Å². The van der Waals surface area contributed by atoms with Crippen LogP contribution in [0, 0.1) is 6.92 Å². The molecule has 2 rings (SSSR count). The second-order valence-electron chi connectivity index (χ2n) is 4.92. The van der Waals surface area contributed by atoms with Crippen molar-refractivity contribution in [2.75, 3.05) is 6.54 Å². The number of nitrogens with one attached hydrogen (secondary N) is 1. The largest absolute Gasteiger partial charge is 0.469 e. The van der Waals surface area contributed by atoms with Gasteiger partial charge in [-0.15, -0.1) is 0 Å². The number of furan rings is 1. The molecule has 102 valence electrons. The summed E-state index contributed by atoms with van der Waals surface area (Å²) in [6.07, 6.45) is 5.25. The Kier molecular flexibility index (Phi) is 5.22. The molecule has 2 aromatic rings. The second kappa shape index (κ2) is 7.15. The monoisotopic (exact) mass is 257 g/mol. The Morgan fingerprint density at radius 1 is 1.16 bits per heavy atom. The van der Waals surface area contributed by atoms with E-state index in [2.05, 4.69) is 48.6 Å². The van der Waals surface area contributed by atoms with Crippen LogP contribution < -0.4 is 5.32 Å². The van der Waals surface area contributed by atoms with Gasteiger partial charge in [0.1, 0.15) is 5.76 Å². The van der Waals surface area contributed by atoms with E-state index in [-0.39, 0.29) is 0 Å². The summed E-state index contributed by atoms with van der Waals surface area (Å²) in [5.41, 5.74) is 2.72. The van der Waals surface area contributed by atoms with Crippen molar-refractivity contribution < 1.29 is 4.42 Å². The summed E-state index contributed by atoms with van der Waals surface area (Å²) in [7, 11) is 0. The van der Waals surface area contributed by atoms with Gasteiger partial charge in [-0.3, -0.25) is 0 Å². The van der Waals surface area contributed by atoms with Crippen LogP contribution in [0.1, 0.15) is 42.7 Å². The van der Waals surface area contributed by atoms with Gasteiger partial charge < -0.3 is 9.73 Å². The summed E-state index contributed by atoms with van der Waals surface area (Å²) < 4.78 is 5.42. The highest BCUT2D eigenvalue weighted by molar-refractivity contribution is 5.20. The normalized spacial score (nSPS) is 12.5. The predicted molar refractivity (Wildman–Crippen MR) is 79.2 cm³/mol. The van der Waals surface area contributed by atoms with Gasteiger partial charge in [-0.25, -0.2) is 0 Å². The topological polar surface area (TPSA) is 25.2 Å². The Hall–Kier alpha value is -1.54. The summed E-state index contributed by atoms with van der Waals surface area (Å²) in [5, 5.41) is 3.55. The third-order valence-electron chi connectivity index (χ3n) is 3.53. The smallest absolute Gasteiger partial charge is 0.105 e.